The first kappa shape index (κ1) is 20.3. The van der Waals surface area contributed by atoms with Crippen molar-refractivity contribution >= 4 is 11.0 Å². The first-order valence-electron chi connectivity index (χ1n) is 12.3. The lowest BCUT2D eigenvalue weighted by atomic mass is 9.57. The zero-order chi connectivity index (χ0) is 22.8. The average Bonchev–Trinajstić information content (AvgIpc) is 3.52. The van der Waals surface area contributed by atoms with E-state index in [1.165, 1.54) is 29.8 Å². The van der Waals surface area contributed by atoms with Crippen LogP contribution in [0, 0.1) is 11.7 Å². The molecule has 6 heteroatoms. The van der Waals surface area contributed by atoms with Gasteiger partial charge in [0.1, 0.15) is 5.82 Å². The number of ether oxygens (including phenoxy) is 1. The van der Waals surface area contributed by atoms with E-state index in [4.69, 9.17) is 14.7 Å². The van der Waals surface area contributed by atoms with Crippen LogP contribution in [0.4, 0.5) is 4.39 Å². The third kappa shape index (κ3) is 3.19. The number of fused-ring (bicyclic) bond motifs is 4. The van der Waals surface area contributed by atoms with Crippen molar-refractivity contribution in [3.8, 4) is 5.69 Å². The van der Waals surface area contributed by atoms with Crippen molar-refractivity contribution in [3.05, 3.63) is 83.7 Å². The first-order valence-corrected chi connectivity index (χ1v) is 12.3. The predicted octanol–water partition coefficient (Wildman–Crippen LogP) is 5.34. The Kier molecular flexibility index (Phi) is 4.44. The van der Waals surface area contributed by atoms with Gasteiger partial charge in [0.25, 0.3) is 0 Å². The highest BCUT2D eigenvalue weighted by molar-refractivity contribution is 5.78. The van der Waals surface area contributed by atoms with Crippen LogP contribution in [0.2, 0.25) is 0 Å². The highest BCUT2D eigenvalue weighted by Crippen LogP contribution is 2.57. The fourth-order valence-electron chi connectivity index (χ4n) is 6.56. The molecule has 7 rings (SSSR count). The number of epoxide rings is 1. The quantitative estimate of drug-likeness (QED) is 0.392. The van der Waals surface area contributed by atoms with Gasteiger partial charge in [-0.2, -0.15) is 5.10 Å². The minimum Gasteiger partial charge on any atom is -0.370 e. The predicted molar refractivity (Wildman–Crippen MR) is 127 cm³/mol. The molecule has 3 atom stereocenters. The zero-order valence-electron chi connectivity index (χ0n) is 19.1. The molecule has 1 aromatic carbocycles. The maximum Gasteiger partial charge on any atom is 0.163 e. The van der Waals surface area contributed by atoms with Crippen LogP contribution in [0.15, 0.2) is 60.9 Å². The van der Waals surface area contributed by atoms with E-state index in [-0.39, 0.29) is 16.8 Å². The van der Waals surface area contributed by atoms with E-state index in [9.17, 15) is 4.39 Å². The average molecular weight is 455 g/mol. The summed E-state index contributed by atoms with van der Waals surface area (Å²) in [5, 5.41) is 5.67. The summed E-state index contributed by atoms with van der Waals surface area (Å²) in [5.74, 6) is 0.303. The maximum absolute atomic E-state index is 13.5. The highest BCUT2D eigenvalue weighted by atomic mass is 19.1. The van der Waals surface area contributed by atoms with E-state index in [0.717, 1.165) is 67.5 Å². The summed E-state index contributed by atoms with van der Waals surface area (Å²) in [5.41, 5.74) is 5.50. The topological polar surface area (TPSA) is 56.1 Å². The largest absolute Gasteiger partial charge is 0.370 e. The van der Waals surface area contributed by atoms with Gasteiger partial charge in [-0.05, 0) is 98.9 Å². The molecule has 4 aromatic rings. The Morgan fingerprint density at radius 2 is 2.00 bits per heavy atom. The fourth-order valence-corrected chi connectivity index (χ4v) is 6.56. The third-order valence-electron chi connectivity index (χ3n) is 8.40. The van der Waals surface area contributed by atoms with Crippen LogP contribution in [0.1, 0.15) is 49.1 Å². The molecular formula is C28H27FN4O. The molecular weight excluding hydrogens is 427 g/mol. The normalized spacial score (nSPS) is 27.9. The molecule has 3 unspecified atom stereocenters. The van der Waals surface area contributed by atoms with E-state index in [0.29, 0.717) is 5.92 Å². The number of pyridine rings is 2. The van der Waals surface area contributed by atoms with E-state index in [1.54, 1.807) is 12.1 Å². The second-order valence-electron chi connectivity index (χ2n) is 10.3. The Labute approximate surface area is 198 Å². The SMILES string of the molecule is Fc1ccc(-n2ncc3cc4c(nc32)CCCC2CC3(CCC42Cc2ccccn2)CO3)cc1. The summed E-state index contributed by atoms with van der Waals surface area (Å²) in [7, 11) is 0. The van der Waals surface area contributed by atoms with Gasteiger partial charge in [-0.3, -0.25) is 4.98 Å². The van der Waals surface area contributed by atoms with Gasteiger partial charge < -0.3 is 4.74 Å². The van der Waals surface area contributed by atoms with E-state index in [2.05, 4.69) is 23.3 Å². The molecule has 0 N–H and O–H groups in total. The Morgan fingerprint density at radius 3 is 2.79 bits per heavy atom. The number of benzene rings is 1. The van der Waals surface area contributed by atoms with Crippen molar-refractivity contribution in [2.45, 2.75) is 56.0 Å². The fraction of sp³-hybridized carbons (Fsp3) is 0.393. The van der Waals surface area contributed by atoms with Crippen molar-refractivity contribution in [2.75, 3.05) is 6.61 Å². The molecule has 1 saturated carbocycles. The number of aromatic nitrogens is 4. The lowest BCUT2D eigenvalue weighted by molar-refractivity contribution is 0.0990. The van der Waals surface area contributed by atoms with Gasteiger partial charge in [0.05, 0.1) is 24.1 Å². The molecule has 1 saturated heterocycles. The third-order valence-corrected chi connectivity index (χ3v) is 8.40. The van der Waals surface area contributed by atoms with Crippen molar-refractivity contribution in [1.29, 1.82) is 0 Å². The minimum absolute atomic E-state index is 0.0105. The summed E-state index contributed by atoms with van der Waals surface area (Å²) in [6.45, 7) is 0.914. The lowest BCUT2D eigenvalue weighted by Gasteiger charge is -2.46. The molecule has 0 radical (unpaired) electrons. The summed E-state index contributed by atoms with van der Waals surface area (Å²) < 4.78 is 21.3. The Hall–Kier alpha value is -3.12. The van der Waals surface area contributed by atoms with Crippen molar-refractivity contribution in [3.63, 3.8) is 0 Å². The molecule has 3 aliphatic rings. The van der Waals surface area contributed by atoms with Crippen molar-refractivity contribution in [1.82, 2.24) is 19.7 Å². The van der Waals surface area contributed by atoms with E-state index in [1.807, 2.05) is 23.1 Å². The standard InChI is InChI=1S/C28H27FN4O/c29-21-7-9-23(10-8-21)33-26-19(17-31-33)14-24-25(32-26)6-3-4-20-15-27(18-34-27)11-12-28(20,24)16-22-5-1-2-13-30-22/h1-2,5,7-10,13-14,17,20H,3-4,6,11-12,15-16,18H2. The monoisotopic (exact) mass is 454 g/mol. The number of rotatable bonds is 3. The second kappa shape index (κ2) is 7.44. The van der Waals surface area contributed by atoms with Gasteiger partial charge in [-0.15, -0.1) is 0 Å². The van der Waals surface area contributed by atoms with Crippen molar-refractivity contribution in [2.24, 2.45) is 5.92 Å². The summed E-state index contributed by atoms with van der Waals surface area (Å²) in [6.07, 6.45) is 11.3. The second-order valence-corrected chi connectivity index (χ2v) is 10.3. The smallest absolute Gasteiger partial charge is 0.163 e. The van der Waals surface area contributed by atoms with Crippen LogP contribution < -0.4 is 0 Å². The molecule has 172 valence electrons. The molecule has 34 heavy (non-hydrogen) atoms. The summed E-state index contributed by atoms with van der Waals surface area (Å²) in [6, 6.07) is 15.0. The minimum atomic E-state index is -0.251. The first-order chi connectivity index (χ1) is 16.6. The van der Waals surface area contributed by atoms with Gasteiger partial charge >= 0.3 is 0 Å². The number of nitrogens with zero attached hydrogens (tertiary/aromatic N) is 4. The van der Waals surface area contributed by atoms with Crippen LogP contribution in [-0.2, 0) is 23.0 Å². The molecule has 1 aliphatic heterocycles. The number of halogens is 1. The summed E-state index contributed by atoms with van der Waals surface area (Å²) in [4.78, 5) is 9.95. The van der Waals surface area contributed by atoms with Crippen LogP contribution in [-0.4, -0.2) is 32.0 Å². The van der Waals surface area contributed by atoms with Crippen LogP contribution in [0.5, 0.6) is 0 Å². The highest BCUT2D eigenvalue weighted by Gasteiger charge is 2.57. The van der Waals surface area contributed by atoms with Gasteiger partial charge in [0.2, 0.25) is 0 Å². The van der Waals surface area contributed by atoms with Gasteiger partial charge in [0, 0.05) is 28.4 Å². The van der Waals surface area contributed by atoms with Crippen LogP contribution >= 0.6 is 0 Å². The number of hydrogen-bond acceptors (Lipinski definition) is 4. The molecule has 0 amide bonds. The summed E-state index contributed by atoms with van der Waals surface area (Å²) >= 11 is 0. The lowest BCUT2D eigenvalue weighted by Crippen LogP contribution is -2.45. The number of hydrogen-bond donors (Lipinski definition) is 0. The molecule has 4 heterocycles. The molecule has 1 spiro atoms. The van der Waals surface area contributed by atoms with Crippen LogP contribution in [0.3, 0.4) is 0 Å². The van der Waals surface area contributed by atoms with Gasteiger partial charge in [0.15, 0.2) is 5.65 Å². The van der Waals surface area contributed by atoms with Crippen molar-refractivity contribution < 1.29 is 9.13 Å². The molecule has 2 fully saturated rings. The number of aryl methyl sites for hydroxylation is 1. The van der Waals surface area contributed by atoms with Gasteiger partial charge in [-0.25, -0.2) is 14.1 Å². The molecule has 5 nitrogen and oxygen atoms in total. The Bertz CT molecular complexity index is 1360. The Morgan fingerprint density at radius 1 is 1.12 bits per heavy atom. The maximum atomic E-state index is 13.5. The van der Waals surface area contributed by atoms with Crippen LogP contribution in [0.25, 0.3) is 16.7 Å². The molecule has 2 aliphatic carbocycles. The van der Waals surface area contributed by atoms with E-state index >= 15 is 0 Å². The zero-order valence-corrected chi connectivity index (χ0v) is 19.1. The Balaban J connectivity index is 1.38. The van der Waals surface area contributed by atoms with E-state index < -0.39 is 0 Å². The molecule has 0 bridgehead atoms. The van der Waals surface area contributed by atoms with Gasteiger partial charge in [-0.1, -0.05) is 6.07 Å². The molecule has 3 aromatic heterocycles.